The van der Waals surface area contributed by atoms with Gasteiger partial charge in [0.2, 0.25) is 11.8 Å². The number of halogens is 2. The molecule has 18 heteroatoms. The van der Waals surface area contributed by atoms with E-state index in [0.29, 0.717) is 72.9 Å². The Hall–Kier alpha value is -6.76. The minimum absolute atomic E-state index is 0.0456. The van der Waals surface area contributed by atoms with E-state index in [1.165, 1.54) is 27.5 Å². The van der Waals surface area contributed by atoms with Crippen molar-refractivity contribution in [1.29, 1.82) is 0 Å². The molecule has 0 spiro atoms. The fraction of sp³-hybridized carbons (Fsp3) is 0.434. The minimum Gasteiger partial charge on any atom is -0.386 e. The smallest absolute Gasteiger partial charge is 0.329 e. The average molecular weight is 970 g/mol. The number of hydrogen-bond donors (Lipinski definition) is 2. The van der Waals surface area contributed by atoms with Crippen LogP contribution in [0.15, 0.2) is 76.6 Å². The van der Waals surface area contributed by atoms with E-state index in [-0.39, 0.29) is 47.0 Å². The van der Waals surface area contributed by atoms with E-state index in [1.54, 1.807) is 30.9 Å². The van der Waals surface area contributed by atoms with Crippen LogP contribution in [0.3, 0.4) is 0 Å². The lowest BCUT2D eigenvalue weighted by Crippen LogP contribution is -2.48. The van der Waals surface area contributed by atoms with Gasteiger partial charge in [0, 0.05) is 134 Å². The summed E-state index contributed by atoms with van der Waals surface area (Å²) in [5.41, 5.74) is 6.84. The second-order valence-electron chi connectivity index (χ2n) is 19.8. The van der Waals surface area contributed by atoms with Crippen LogP contribution in [0.5, 0.6) is 0 Å². The Morgan fingerprint density at radius 2 is 1.62 bits per heavy atom. The number of rotatable bonds is 11. The Labute approximate surface area is 410 Å². The Kier molecular flexibility index (Phi) is 13.1. The fourth-order valence-electron chi connectivity index (χ4n) is 11.4. The number of anilines is 1. The monoisotopic (exact) mass is 969 g/mol. The van der Waals surface area contributed by atoms with Crippen molar-refractivity contribution >= 4 is 51.0 Å². The number of benzene rings is 2. The molecule has 0 aliphatic carbocycles. The normalized spacial score (nSPS) is 19.4. The highest BCUT2D eigenvalue weighted by Crippen LogP contribution is 2.35. The summed E-state index contributed by atoms with van der Waals surface area (Å²) < 4.78 is 37.3. The summed E-state index contributed by atoms with van der Waals surface area (Å²) in [6.45, 7) is 12.0. The van der Waals surface area contributed by atoms with Gasteiger partial charge < -0.3 is 19.7 Å². The zero-order valence-corrected chi connectivity index (χ0v) is 41.0. The van der Waals surface area contributed by atoms with Gasteiger partial charge in [-0.1, -0.05) is 12.1 Å². The summed E-state index contributed by atoms with van der Waals surface area (Å²) in [6.07, 6.45) is 7.82. The van der Waals surface area contributed by atoms with Crippen LogP contribution in [0, 0.1) is 24.5 Å². The van der Waals surface area contributed by atoms with Crippen molar-refractivity contribution in [3.63, 3.8) is 0 Å². The standard InChI is InChI=1S/C53H61F2N11O5/c1-32-24-37(26-39(54)49(32)36-13-18-63(19-14-36)33(2)45-27-38-42(10-15-57-50(38)59(45)4)65-31-40(55)41(56-3)28-48(65)68)52(70)64-16-11-34(12-17-64)29-61-20-22-62(23-21-61)30-35-6-7-43-46(25-35)60(5)53(71)66(43)44-8-9-47(67)58-51(44)69/h6-7,10,13,15,24-28,31,33-34,44,56H,8-9,11-12,14,16-23,29-30H2,1-5H3,(H,58,67,69)/t33-,44-/m0/s1. The number of amides is 3. The molecule has 6 aromatic rings. The maximum atomic E-state index is 16.1. The molecular formula is C53H61F2N11O5. The number of aryl methyl sites for hydroxylation is 3. The van der Waals surface area contributed by atoms with E-state index >= 15 is 4.39 Å². The Balaban J connectivity index is 0.713. The van der Waals surface area contributed by atoms with Crippen molar-refractivity contribution in [3.8, 4) is 5.69 Å². The summed E-state index contributed by atoms with van der Waals surface area (Å²) >= 11 is 0. The molecule has 4 aliphatic heterocycles. The molecule has 3 saturated heterocycles. The molecule has 0 unspecified atom stereocenters. The fourth-order valence-corrected chi connectivity index (χ4v) is 11.4. The first kappa shape index (κ1) is 47.9. The molecule has 10 rings (SSSR count). The van der Waals surface area contributed by atoms with Gasteiger partial charge in [-0.2, -0.15) is 0 Å². The van der Waals surface area contributed by atoms with Crippen LogP contribution in [0.25, 0.3) is 33.3 Å². The zero-order valence-electron chi connectivity index (χ0n) is 41.0. The second-order valence-corrected chi connectivity index (χ2v) is 19.8. The number of hydrogen-bond acceptors (Lipinski definition) is 10. The molecule has 2 aromatic carbocycles. The van der Waals surface area contributed by atoms with Crippen LogP contribution >= 0.6 is 0 Å². The van der Waals surface area contributed by atoms with E-state index in [4.69, 9.17) is 0 Å². The molecule has 372 valence electrons. The maximum Gasteiger partial charge on any atom is 0.329 e. The number of carbonyl (C=O) groups is 3. The lowest BCUT2D eigenvalue weighted by molar-refractivity contribution is -0.135. The predicted octanol–water partition coefficient (Wildman–Crippen LogP) is 5.50. The molecule has 8 heterocycles. The van der Waals surface area contributed by atoms with Gasteiger partial charge in [-0.05, 0) is 98.5 Å². The van der Waals surface area contributed by atoms with Crippen LogP contribution in [0.4, 0.5) is 14.5 Å². The summed E-state index contributed by atoms with van der Waals surface area (Å²) in [4.78, 5) is 78.1. The minimum atomic E-state index is -0.709. The van der Waals surface area contributed by atoms with Crippen molar-refractivity contribution in [3.05, 3.63) is 127 Å². The van der Waals surface area contributed by atoms with Crippen molar-refractivity contribution in [2.75, 3.05) is 71.3 Å². The van der Waals surface area contributed by atoms with E-state index in [2.05, 4.69) is 43.3 Å². The first-order chi connectivity index (χ1) is 34.2. The van der Waals surface area contributed by atoms with Crippen LogP contribution < -0.4 is 21.9 Å². The first-order valence-electron chi connectivity index (χ1n) is 24.7. The summed E-state index contributed by atoms with van der Waals surface area (Å²) in [6, 6.07) is 13.4. The SMILES string of the molecule is CNc1cc(=O)n(-c2ccnc3c2cc([C@H](C)N2CC=C(c4c(C)cc(C(=O)N5CCC(CN6CCN(Cc7ccc8c(c7)n(C)c(=O)n8[C@H]7CCC(=O)NC7=O)CC6)CC5)cc4F)CC2)n3C)cc1F. The number of fused-ring (bicyclic) bond motifs is 2. The Bertz CT molecular complexity index is 3220. The van der Waals surface area contributed by atoms with Gasteiger partial charge >= 0.3 is 5.69 Å². The van der Waals surface area contributed by atoms with Gasteiger partial charge in [-0.15, -0.1) is 0 Å². The number of likely N-dealkylation sites (tertiary alicyclic amines) is 1. The molecule has 2 atom stereocenters. The number of piperazine rings is 1. The molecule has 71 heavy (non-hydrogen) atoms. The van der Waals surface area contributed by atoms with Crippen molar-refractivity contribution in [2.45, 2.75) is 64.6 Å². The molecule has 0 bridgehead atoms. The number of imide groups is 1. The van der Waals surface area contributed by atoms with Gasteiger partial charge in [0.15, 0.2) is 5.82 Å². The van der Waals surface area contributed by atoms with E-state index in [9.17, 15) is 28.4 Å². The van der Waals surface area contributed by atoms with E-state index < -0.39 is 17.8 Å². The molecule has 0 radical (unpaired) electrons. The molecule has 4 aromatic heterocycles. The second kappa shape index (κ2) is 19.4. The van der Waals surface area contributed by atoms with Gasteiger partial charge in [0.25, 0.3) is 11.5 Å². The zero-order chi connectivity index (χ0) is 49.8. The number of pyridine rings is 2. The third-order valence-corrected chi connectivity index (χ3v) is 15.5. The number of piperidine rings is 2. The molecule has 0 saturated carbocycles. The lowest BCUT2D eigenvalue weighted by atomic mass is 9.92. The van der Waals surface area contributed by atoms with Crippen LogP contribution in [-0.4, -0.2) is 127 Å². The molecule has 4 aliphatic rings. The van der Waals surface area contributed by atoms with E-state index in [0.717, 1.165) is 85.4 Å². The van der Waals surface area contributed by atoms with Gasteiger partial charge in [0.1, 0.15) is 17.5 Å². The van der Waals surface area contributed by atoms with E-state index in [1.807, 2.05) is 53.8 Å². The molecule has 2 N–H and O–H groups in total. The Morgan fingerprint density at radius 1 is 0.859 bits per heavy atom. The predicted molar refractivity (Wildman–Crippen MR) is 268 cm³/mol. The summed E-state index contributed by atoms with van der Waals surface area (Å²) in [7, 11) is 5.22. The largest absolute Gasteiger partial charge is 0.386 e. The maximum absolute atomic E-state index is 16.1. The summed E-state index contributed by atoms with van der Waals surface area (Å²) in [5.74, 6) is -1.33. The highest BCUT2D eigenvalue weighted by Gasteiger charge is 2.33. The van der Waals surface area contributed by atoms with Crippen LogP contribution in [-0.2, 0) is 30.2 Å². The van der Waals surface area contributed by atoms with Gasteiger partial charge in [0.05, 0.1) is 28.6 Å². The third kappa shape index (κ3) is 9.12. The highest BCUT2D eigenvalue weighted by atomic mass is 19.1. The number of imidazole rings is 1. The van der Waals surface area contributed by atoms with Crippen LogP contribution in [0.2, 0.25) is 0 Å². The van der Waals surface area contributed by atoms with Crippen molar-refractivity contribution in [1.82, 2.24) is 48.2 Å². The van der Waals surface area contributed by atoms with Crippen molar-refractivity contribution < 1.29 is 23.2 Å². The average Bonchev–Trinajstić information content (AvgIpc) is 3.83. The molecule has 3 fully saturated rings. The molecule has 3 amide bonds. The van der Waals surface area contributed by atoms with Crippen molar-refractivity contribution in [2.24, 2.45) is 20.0 Å². The Morgan fingerprint density at radius 3 is 2.32 bits per heavy atom. The number of nitrogens with zero attached hydrogens (tertiary/aromatic N) is 9. The first-order valence-corrected chi connectivity index (χ1v) is 24.7. The summed E-state index contributed by atoms with van der Waals surface area (Å²) in [5, 5.41) is 5.81. The topological polar surface area (TPSA) is 155 Å². The lowest BCUT2D eigenvalue weighted by Gasteiger charge is -2.39. The van der Waals surface area contributed by atoms with Gasteiger partial charge in [-0.3, -0.25) is 48.0 Å². The third-order valence-electron chi connectivity index (χ3n) is 15.5. The quantitative estimate of drug-likeness (QED) is 0.159. The highest BCUT2D eigenvalue weighted by molar-refractivity contribution is 6.00. The number of nitrogens with one attached hydrogen (secondary N) is 2. The number of carbonyl (C=O) groups excluding carboxylic acids is 3. The van der Waals surface area contributed by atoms with Crippen LogP contribution in [0.1, 0.15) is 83.9 Å². The molecular weight excluding hydrogens is 909 g/mol. The van der Waals surface area contributed by atoms with Gasteiger partial charge in [-0.25, -0.2) is 18.6 Å². The number of aromatic nitrogens is 5. The molecule has 16 nitrogen and oxygen atoms in total.